The van der Waals surface area contributed by atoms with Crippen molar-refractivity contribution in [3.05, 3.63) is 32.7 Å². The van der Waals surface area contributed by atoms with E-state index in [2.05, 4.69) is 37.2 Å². The molecule has 0 spiro atoms. The van der Waals surface area contributed by atoms with Gasteiger partial charge in [0.15, 0.2) is 0 Å². The maximum atomic E-state index is 11.7. The van der Waals surface area contributed by atoms with Crippen molar-refractivity contribution in [2.45, 2.75) is 6.92 Å². The van der Waals surface area contributed by atoms with Crippen LogP contribution >= 0.6 is 31.9 Å². The Morgan fingerprint density at radius 3 is 2.29 bits per heavy atom. The molecule has 2 N–H and O–H groups in total. The number of carboxylic acids is 1. The molecule has 0 radical (unpaired) electrons. The summed E-state index contributed by atoms with van der Waals surface area (Å²) in [6, 6.07) is 5.16. The van der Waals surface area contributed by atoms with Crippen LogP contribution in [0, 0.1) is 5.92 Å². The number of hydrogen-bond acceptors (Lipinski definition) is 2. The van der Waals surface area contributed by atoms with E-state index in [0.29, 0.717) is 5.56 Å². The Labute approximate surface area is 116 Å². The summed E-state index contributed by atoms with van der Waals surface area (Å²) in [5.41, 5.74) is 0.476. The Hall–Kier alpha value is -0.880. The van der Waals surface area contributed by atoms with Gasteiger partial charge in [0, 0.05) is 21.1 Å². The molecule has 1 atom stereocenters. The predicted molar refractivity (Wildman–Crippen MR) is 71.0 cm³/mol. The van der Waals surface area contributed by atoms with E-state index in [1.807, 2.05) is 6.07 Å². The number of carbonyl (C=O) groups excluding carboxylic acids is 1. The SMILES string of the molecule is CC(CNC(=O)c1cc(Br)cc(Br)c1)C(=O)O. The van der Waals surface area contributed by atoms with Crippen LogP contribution in [0.4, 0.5) is 0 Å². The molecule has 1 aromatic carbocycles. The molecular weight excluding hydrogens is 354 g/mol. The van der Waals surface area contributed by atoms with Crippen molar-refractivity contribution in [3.8, 4) is 0 Å². The number of amides is 1. The van der Waals surface area contributed by atoms with Crippen molar-refractivity contribution >= 4 is 43.7 Å². The fraction of sp³-hybridized carbons (Fsp3) is 0.273. The molecule has 1 aromatic rings. The van der Waals surface area contributed by atoms with E-state index in [1.54, 1.807) is 19.1 Å². The third kappa shape index (κ3) is 4.47. The van der Waals surface area contributed by atoms with E-state index >= 15 is 0 Å². The summed E-state index contributed by atoms with van der Waals surface area (Å²) in [5, 5.41) is 11.3. The number of carbonyl (C=O) groups is 2. The average molecular weight is 365 g/mol. The summed E-state index contributed by atoms with van der Waals surface area (Å²) in [6.45, 7) is 1.65. The molecule has 0 saturated heterocycles. The van der Waals surface area contributed by atoms with Gasteiger partial charge in [-0.15, -0.1) is 0 Å². The van der Waals surface area contributed by atoms with Crippen LogP contribution in [0.25, 0.3) is 0 Å². The van der Waals surface area contributed by atoms with Crippen LogP contribution in [0.3, 0.4) is 0 Å². The molecule has 4 nitrogen and oxygen atoms in total. The Balaban J connectivity index is 2.67. The van der Waals surface area contributed by atoms with Crippen LogP contribution in [0.1, 0.15) is 17.3 Å². The fourth-order valence-electron chi connectivity index (χ4n) is 1.12. The minimum atomic E-state index is -0.930. The maximum absolute atomic E-state index is 11.7. The third-order valence-electron chi connectivity index (χ3n) is 2.12. The zero-order valence-electron chi connectivity index (χ0n) is 9.04. The summed E-state index contributed by atoms with van der Waals surface area (Å²) in [7, 11) is 0. The molecule has 0 aliphatic heterocycles. The quantitative estimate of drug-likeness (QED) is 0.863. The van der Waals surface area contributed by atoms with Gasteiger partial charge in [0.1, 0.15) is 0 Å². The summed E-state index contributed by atoms with van der Waals surface area (Å²) in [5.74, 6) is -1.82. The van der Waals surface area contributed by atoms with E-state index in [0.717, 1.165) is 8.95 Å². The summed E-state index contributed by atoms with van der Waals surface area (Å²) in [4.78, 5) is 22.3. The highest BCUT2D eigenvalue weighted by Gasteiger charge is 2.13. The molecule has 0 bridgehead atoms. The van der Waals surface area contributed by atoms with E-state index in [9.17, 15) is 9.59 Å². The highest BCUT2D eigenvalue weighted by Crippen LogP contribution is 2.20. The predicted octanol–water partition coefficient (Wildman–Crippen LogP) is 2.66. The number of carboxylic acid groups (broad SMARTS) is 1. The van der Waals surface area contributed by atoms with Crippen molar-refractivity contribution in [2.75, 3.05) is 6.54 Å². The zero-order valence-corrected chi connectivity index (χ0v) is 12.2. The van der Waals surface area contributed by atoms with Gasteiger partial charge < -0.3 is 10.4 Å². The number of rotatable bonds is 4. The topological polar surface area (TPSA) is 66.4 Å². The Morgan fingerprint density at radius 1 is 1.29 bits per heavy atom. The monoisotopic (exact) mass is 363 g/mol. The second-order valence-corrected chi connectivity index (χ2v) is 5.44. The van der Waals surface area contributed by atoms with Gasteiger partial charge in [-0.25, -0.2) is 0 Å². The zero-order chi connectivity index (χ0) is 13.0. The fourth-order valence-corrected chi connectivity index (χ4v) is 2.41. The lowest BCUT2D eigenvalue weighted by Gasteiger charge is -2.09. The van der Waals surface area contributed by atoms with Gasteiger partial charge in [-0.3, -0.25) is 9.59 Å². The molecule has 1 rings (SSSR count). The summed E-state index contributed by atoms with van der Waals surface area (Å²) >= 11 is 6.56. The van der Waals surface area contributed by atoms with Gasteiger partial charge in [-0.1, -0.05) is 38.8 Å². The highest BCUT2D eigenvalue weighted by atomic mass is 79.9. The molecule has 0 aliphatic carbocycles. The molecule has 0 aromatic heterocycles. The molecule has 0 saturated carbocycles. The van der Waals surface area contributed by atoms with Gasteiger partial charge in [-0.2, -0.15) is 0 Å². The Kier molecular flexibility index (Phi) is 5.14. The molecule has 17 heavy (non-hydrogen) atoms. The van der Waals surface area contributed by atoms with Crippen molar-refractivity contribution in [2.24, 2.45) is 5.92 Å². The van der Waals surface area contributed by atoms with Crippen molar-refractivity contribution < 1.29 is 14.7 Å². The second-order valence-electron chi connectivity index (χ2n) is 3.61. The van der Waals surface area contributed by atoms with E-state index < -0.39 is 11.9 Å². The molecule has 6 heteroatoms. The van der Waals surface area contributed by atoms with E-state index in [1.165, 1.54) is 0 Å². The van der Waals surface area contributed by atoms with Gasteiger partial charge >= 0.3 is 5.97 Å². The first-order valence-electron chi connectivity index (χ1n) is 4.87. The first kappa shape index (κ1) is 14.2. The van der Waals surface area contributed by atoms with Crippen molar-refractivity contribution in [1.29, 1.82) is 0 Å². The van der Waals surface area contributed by atoms with E-state index in [-0.39, 0.29) is 12.5 Å². The maximum Gasteiger partial charge on any atom is 0.308 e. The lowest BCUT2D eigenvalue weighted by molar-refractivity contribution is -0.140. The number of benzene rings is 1. The first-order chi connectivity index (χ1) is 7.90. The van der Waals surface area contributed by atoms with Crippen LogP contribution < -0.4 is 5.32 Å². The van der Waals surface area contributed by atoms with E-state index in [4.69, 9.17) is 5.11 Å². The minimum absolute atomic E-state index is 0.109. The minimum Gasteiger partial charge on any atom is -0.481 e. The average Bonchev–Trinajstić information content (AvgIpc) is 2.23. The Bertz CT molecular complexity index is 428. The van der Waals surface area contributed by atoms with Crippen LogP contribution in [-0.4, -0.2) is 23.5 Å². The lowest BCUT2D eigenvalue weighted by Crippen LogP contribution is -2.31. The van der Waals surface area contributed by atoms with Crippen molar-refractivity contribution in [3.63, 3.8) is 0 Å². The lowest BCUT2D eigenvalue weighted by atomic mass is 10.1. The molecule has 0 fully saturated rings. The van der Waals surface area contributed by atoms with Gasteiger partial charge in [0.05, 0.1) is 5.92 Å². The second kappa shape index (κ2) is 6.16. The molecular formula is C11H11Br2NO3. The van der Waals surface area contributed by atoms with Gasteiger partial charge in [-0.05, 0) is 18.2 Å². The molecule has 92 valence electrons. The highest BCUT2D eigenvalue weighted by molar-refractivity contribution is 9.11. The third-order valence-corrected chi connectivity index (χ3v) is 3.03. The molecule has 0 heterocycles. The standard InChI is InChI=1S/C11H11Br2NO3/c1-6(11(16)17)5-14-10(15)7-2-8(12)4-9(13)3-7/h2-4,6H,5H2,1H3,(H,14,15)(H,16,17). The number of halogens is 2. The largest absolute Gasteiger partial charge is 0.481 e. The molecule has 1 amide bonds. The molecule has 0 aliphatic rings. The normalized spacial score (nSPS) is 11.9. The van der Waals surface area contributed by atoms with Crippen LogP contribution in [0.2, 0.25) is 0 Å². The summed E-state index contributed by atoms with van der Waals surface area (Å²) in [6.07, 6.45) is 0. The van der Waals surface area contributed by atoms with Gasteiger partial charge in [0.2, 0.25) is 0 Å². The van der Waals surface area contributed by atoms with Crippen LogP contribution in [0.15, 0.2) is 27.1 Å². The number of nitrogens with one attached hydrogen (secondary N) is 1. The summed E-state index contributed by atoms with van der Waals surface area (Å²) < 4.78 is 1.56. The van der Waals surface area contributed by atoms with Crippen LogP contribution in [0.5, 0.6) is 0 Å². The Morgan fingerprint density at radius 2 is 1.82 bits per heavy atom. The van der Waals surface area contributed by atoms with Crippen LogP contribution in [-0.2, 0) is 4.79 Å². The van der Waals surface area contributed by atoms with Gasteiger partial charge in [0.25, 0.3) is 5.91 Å². The molecule has 1 unspecified atom stereocenters. The number of hydrogen-bond donors (Lipinski definition) is 2. The smallest absolute Gasteiger partial charge is 0.308 e. The first-order valence-corrected chi connectivity index (χ1v) is 6.46. The number of aliphatic carboxylic acids is 1. The van der Waals surface area contributed by atoms with Crippen molar-refractivity contribution in [1.82, 2.24) is 5.32 Å².